The van der Waals surface area contributed by atoms with Crippen molar-refractivity contribution < 1.29 is 14.4 Å². The number of nitrogens with one attached hydrogen (secondary N) is 6. The standard InChI is InChI=1S/C54H96N12O3/c1-49(2)34-64(46(67)52(7,8)61-49)31-28-40(55-37-22-16-13-17-23-37)43-58-44(41(56-38-24-18-14-19-25-38)29-32-65-35-50(3,4)62-53(9,10)47(65)68)60-45(59-43)42(57-39-26-20-15-21-27-39)30-33-66-36-51(5,6)63-54(11,12)48(66)69/h37-42,55-57,61-63H,13-36H2,1-12H3. The molecular weight excluding hydrogens is 865 g/mol. The van der Waals surface area contributed by atoms with Crippen LogP contribution in [0, 0.1) is 0 Å². The van der Waals surface area contributed by atoms with E-state index >= 15 is 0 Å². The molecule has 0 spiro atoms. The number of carbonyl (C=O) groups is 3. The minimum Gasteiger partial charge on any atom is -0.339 e. The van der Waals surface area contributed by atoms with E-state index in [1.54, 1.807) is 0 Å². The highest BCUT2D eigenvalue weighted by atomic mass is 16.2. The maximum atomic E-state index is 14.1. The van der Waals surface area contributed by atoms with Crippen molar-refractivity contribution in [2.24, 2.45) is 0 Å². The Morgan fingerprint density at radius 2 is 0.652 bits per heavy atom. The van der Waals surface area contributed by atoms with Gasteiger partial charge in [-0.25, -0.2) is 15.0 Å². The van der Waals surface area contributed by atoms with Crippen molar-refractivity contribution in [1.82, 2.24) is 61.6 Å². The van der Waals surface area contributed by atoms with E-state index in [9.17, 15) is 14.4 Å². The Bertz CT molecular complexity index is 1690. The fraction of sp³-hybridized carbons (Fsp3) is 0.889. The molecule has 0 radical (unpaired) electrons. The fourth-order valence-corrected chi connectivity index (χ4v) is 13.5. The number of carbonyl (C=O) groups excluding carboxylic acids is 3. The van der Waals surface area contributed by atoms with Gasteiger partial charge in [-0.2, -0.15) is 0 Å². The van der Waals surface area contributed by atoms with E-state index in [1.807, 2.05) is 41.5 Å². The first kappa shape index (κ1) is 54.0. The number of nitrogens with zero attached hydrogens (tertiary/aromatic N) is 6. The van der Waals surface area contributed by atoms with Gasteiger partial charge in [0.25, 0.3) is 0 Å². The lowest BCUT2D eigenvalue weighted by molar-refractivity contribution is -0.144. The third kappa shape index (κ3) is 14.2. The maximum absolute atomic E-state index is 14.1. The van der Waals surface area contributed by atoms with Crippen LogP contribution in [-0.2, 0) is 14.4 Å². The summed E-state index contributed by atoms with van der Waals surface area (Å²) in [7, 11) is 0. The minimum absolute atomic E-state index is 0.117. The van der Waals surface area contributed by atoms with Crippen molar-refractivity contribution in [1.29, 1.82) is 0 Å². The second kappa shape index (κ2) is 21.7. The summed E-state index contributed by atoms with van der Waals surface area (Å²) in [5.41, 5.74) is -2.74. The third-order valence-corrected chi connectivity index (χ3v) is 16.0. The second-order valence-electron chi connectivity index (χ2n) is 26.0. The van der Waals surface area contributed by atoms with Gasteiger partial charge in [0.05, 0.1) is 34.7 Å². The van der Waals surface area contributed by atoms with Crippen molar-refractivity contribution >= 4 is 17.7 Å². The molecule has 3 atom stereocenters. The van der Waals surface area contributed by atoms with Crippen LogP contribution in [0.25, 0.3) is 0 Å². The molecule has 3 amide bonds. The Kier molecular flexibility index (Phi) is 17.0. The highest BCUT2D eigenvalue weighted by Crippen LogP contribution is 2.32. The summed E-state index contributed by atoms with van der Waals surface area (Å²) in [6.45, 7) is 28.7. The number of aromatic nitrogens is 3. The lowest BCUT2D eigenvalue weighted by Gasteiger charge is -2.47. The van der Waals surface area contributed by atoms with Crippen LogP contribution in [0.2, 0.25) is 0 Å². The van der Waals surface area contributed by atoms with Gasteiger partial charge < -0.3 is 30.7 Å². The molecule has 3 saturated heterocycles. The Balaban J connectivity index is 1.31. The van der Waals surface area contributed by atoms with Crippen molar-refractivity contribution in [3.8, 4) is 0 Å². The topological polar surface area (TPSA) is 172 Å². The summed E-state index contributed by atoms with van der Waals surface area (Å²) in [6.07, 6.45) is 19.5. The molecular formula is C54H96N12O3. The van der Waals surface area contributed by atoms with Gasteiger partial charge >= 0.3 is 0 Å². The number of rotatable bonds is 18. The van der Waals surface area contributed by atoms with Crippen LogP contribution in [-0.4, -0.2) is 138 Å². The van der Waals surface area contributed by atoms with Crippen LogP contribution in [0.5, 0.6) is 0 Å². The van der Waals surface area contributed by atoms with Gasteiger partial charge in [0.2, 0.25) is 17.7 Å². The smallest absolute Gasteiger partial charge is 0.242 e. The van der Waals surface area contributed by atoms with Crippen molar-refractivity contribution in [3.63, 3.8) is 0 Å². The third-order valence-electron chi connectivity index (χ3n) is 16.0. The molecule has 4 heterocycles. The predicted octanol–water partition coefficient (Wildman–Crippen LogP) is 6.90. The molecule has 6 N–H and O–H groups in total. The Hall–Kier alpha value is -2.82. The molecule has 3 aliphatic heterocycles. The summed E-state index contributed by atoms with van der Waals surface area (Å²) in [4.78, 5) is 65.2. The average Bonchev–Trinajstić information content (AvgIpc) is 3.26. The van der Waals surface area contributed by atoms with Gasteiger partial charge in [0.15, 0.2) is 0 Å². The zero-order valence-corrected chi connectivity index (χ0v) is 45.3. The molecule has 0 bridgehead atoms. The molecule has 69 heavy (non-hydrogen) atoms. The van der Waals surface area contributed by atoms with Gasteiger partial charge in [-0.1, -0.05) is 57.8 Å². The monoisotopic (exact) mass is 961 g/mol. The van der Waals surface area contributed by atoms with E-state index in [0.29, 0.717) is 76.7 Å². The quantitative estimate of drug-likeness (QED) is 0.0902. The van der Waals surface area contributed by atoms with E-state index < -0.39 is 16.6 Å². The molecule has 6 aliphatic rings. The lowest BCUT2D eigenvalue weighted by atomic mass is 9.90. The van der Waals surface area contributed by atoms with Gasteiger partial charge in [-0.05, 0) is 141 Å². The normalized spacial score (nSPS) is 26.8. The summed E-state index contributed by atoms with van der Waals surface area (Å²) in [5.74, 6) is 2.54. The average molecular weight is 961 g/mol. The Morgan fingerprint density at radius 1 is 0.420 bits per heavy atom. The first-order valence-corrected chi connectivity index (χ1v) is 27.6. The SMILES string of the molecule is CC1(C)CN(CCC(NC2CCCCC2)c2nc(C(CCN3CC(C)(C)NC(C)(C)C3=O)NC3CCCCC3)nc(C(CCN3CC(C)(C)NC(C)(C)C3=O)NC3CCCCC3)n2)C(=O)C(C)(C)N1. The molecule has 1 aromatic heterocycles. The Morgan fingerprint density at radius 3 is 0.884 bits per heavy atom. The van der Waals surface area contributed by atoms with E-state index in [0.717, 1.165) is 56.0 Å². The molecule has 0 aromatic carbocycles. The number of piperazine rings is 3. The number of hydrogen-bond donors (Lipinski definition) is 6. The van der Waals surface area contributed by atoms with Gasteiger partial charge in [0.1, 0.15) is 17.5 Å². The predicted molar refractivity (Wildman–Crippen MR) is 276 cm³/mol. The summed E-state index contributed by atoms with van der Waals surface area (Å²) in [5, 5.41) is 23.1. The summed E-state index contributed by atoms with van der Waals surface area (Å²) < 4.78 is 0. The summed E-state index contributed by atoms with van der Waals surface area (Å²) in [6, 6.07) is 0.300. The summed E-state index contributed by atoms with van der Waals surface area (Å²) >= 11 is 0. The highest BCUT2D eigenvalue weighted by Gasteiger charge is 2.46. The van der Waals surface area contributed by atoms with Crippen molar-refractivity contribution in [2.45, 2.75) is 268 Å². The molecule has 6 fully saturated rings. The number of hydrogen-bond acceptors (Lipinski definition) is 12. The molecule has 15 nitrogen and oxygen atoms in total. The van der Waals surface area contributed by atoms with Gasteiger partial charge in [-0.3, -0.25) is 30.3 Å². The second-order valence-corrected chi connectivity index (χ2v) is 26.0. The highest BCUT2D eigenvalue weighted by molar-refractivity contribution is 5.87. The van der Waals surface area contributed by atoms with Crippen LogP contribution >= 0.6 is 0 Å². The molecule has 1 aromatic rings. The van der Waals surface area contributed by atoms with E-state index in [4.69, 9.17) is 15.0 Å². The van der Waals surface area contributed by atoms with Gasteiger partial charge in [-0.15, -0.1) is 0 Å². The first-order chi connectivity index (χ1) is 32.3. The largest absolute Gasteiger partial charge is 0.339 e. The van der Waals surface area contributed by atoms with Crippen LogP contribution in [0.15, 0.2) is 0 Å². The fourth-order valence-electron chi connectivity index (χ4n) is 13.5. The first-order valence-electron chi connectivity index (χ1n) is 27.6. The molecule has 390 valence electrons. The maximum Gasteiger partial charge on any atom is 0.242 e. The molecule has 15 heteroatoms. The van der Waals surface area contributed by atoms with Crippen LogP contribution in [0.1, 0.15) is 234 Å². The molecule has 3 aliphatic carbocycles. The zero-order valence-electron chi connectivity index (χ0n) is 45.3. The lowest BCUT2D eigenvalue weighted by Crippen LogP contribution is -2.69. The van der Waals surface area contributed by atoms with Crippen molar-refractivity contribution in [3.05, 3.63) is 17.5 Å². The van der Waals surface area contributed by atoms with Crippen LogP contribution in [0.4, 0.5) is 0 Å². The molecule has 3 saturated carbocycles. The minimum atomic E-state index is -0.677. The number of amides is 3. The van der Waals surface area contributed by atoms with E-state index in [-0.39, 0.29) is 52.5 Å². The van der Waals surface area contributed by atoms with Crippen LogP contribution < -0.4 is 31.9 Å². The molecule has 7 rings (SSSR count). The van der Waals surface area contributed by atoms with E-state index in [1.165, 1.54) is 57.8 Å². The zero-order chi connectivity index (χ0) is 50.0. The van der Waals surface area contributed by atoms with Gasteiger partial charge in [0, 0.05) is 74.0 Å². The van der Waals surface area contributed by atoms with Crippen LogP contribution in [0.3, 0.4) is 0 Å². The van der Waals surface area contributed by atoms with E-state index in [2.05, 4.69) is 88.1 Å². The molecule has 3 unspecified atom stereocenters. The van der Waals surface area contributed by atoms with Crippen molar-refractivity contribution in [2.75, 3.05) is 39.3 Å². The Labute approximate surface area is 417 Å².